The number of hydrogen-bond donors (Lipinski definition) is 1. The molecule has 1 aliphatic heterocycles. The molecule has 172 valence electrons. The summed E-state index contributed by atoms with van der Waals surface area (Å²) in [6, 6.07) is 12.6. The predicted molar refractivity (Wildman–Crippen MR) is 117 cm³/mol. The van der Waals surface area contributed by atoms with Gasteiger partial charge in [0.1, 0.15) is 11.5 Å². The Morgan fingerprint density at radius 1 is 1.26 bits per heavy atom. The van der Waals surface area contributed by atoms with Crippen LogP contribution in [0.15, 0.2) is 47.1 Å². The number of benzene rings is 1. The van der Waals surface area contributed by atoms with Crippen LogP contribution in [-0.4, -0.2) is 37.3 Å². The minimum Gasteiger partial charge on any atom is -0.433 e. The van der Waals surface area contributed by atoms with Gasteiger partial charge in [-0.1, -0.05) is 24.3 Å². The van der Waals surface area contributed by atoms with E-state index in [1.54, 1.807) is 6.33 Å². The predicted octanol–water partition coefficient (Wildman–Crippen LogP) is 4.47. The third kappa shape index (κ3) is 3.50. The van der Waals surface area contributed by atoms with Crippen LogP contribution in [0.3, 0.4) is 0 Å². The van der Waals surface area contributed by atoms with Crippen LogP contribution >= 0.6 is 0 Å². The van der Waals surface area contributed by atoms with Gasteiger partial charge in [-0.3, -0.25) is 9.78 Å². The number of alkyl halides is 2. The van der Waals surface area contributed by atoms with E-state index in [2.05, 4.69) is 15.0 Å². The first-order valence-electron chi connectivity index (χ1n) is 10.7. The zero-order chi connectivity index (χ0) is 24.0. The van der Waals surface area contributed by atoms with Crippen molar-refractivity contribution in [2.45, 2.75) is 38.2 Å². The summed E-state index contributed by atoms with van der Waals surface area (Å²) in [6.07, 6.45) is -1.07. The van der Waals surface area contributed by atoms with Gasteiger partial charge in [0.25, 0.3) is 12.3 Å². The number of carbonyl (C=O) groups excluding carboxylic acids is 1. The van der Waals surface area contributed by atoms with Crippen molar-refractivity contribution in [2.24, 2.45) is 0 Å². The molecule has 0 bridgehead atoms. The zero-order valence-electron chi connectivity index (χ0n) is 18.4. The van der Waals surface area contributed by atoms with Gasteiger partial charge in [-0.15, -0.1) is 0 Å². The lowest BCUT2D eigenvalue weighted by atomic mass is 9.96. The first-order valence-corrected chi connectivity index (χ1v) is 10.7. The van der Waals surface area contributed by atoms with E-state index in [4.69, 9.17) is 9.40 Å². The molecule has 0 fully saturated rings. The number of carbonyl (C=O) groups is 1. The van der Waals surface area contributed by atoms with Crippen LogP contribution in [0.4, 0.5) is 8.78 Å². The fourth-order valence-corrected chi connectivity index (χ4v) is 4.12. The highest BCUT2D eigenvalue weighted by Crippen LogP contribution is 2.36. The van der Waals surface area contributed by atoms with E-state index >= 15 is 0 Å². The lowest BCUT2D eigenvalue weighted by Gasteiger charge is -2.34. The summed E-state index contributed by atoms with van der Waals surface area (Å²) in [5.74, 6) is -1.54. The smallest absolute Gasteiger partial charge is 0.292 e. The van der Waals surface area contributed by atoms with Crippen molar-refractivity contribution in [2.75, 3.05) is 6.54 Å². The first-order chi connectivity index (χ1) is 16.3. The molecule has 34 heavy (non-hydrogen) atoms. The van der Waals surface area contributed by atoms with E-state index in [0.29, 0.717) is 17.8 Å². The molecule has 0 saturated heterocycles. The van der Waals surface area contributed by atoms with E-state index < -0.39 is 35.2 Å². The number of halogens is 2. The highest BCUT2D eigenvalue weighted by Gasteiger charge is 2.40. The number of oxazole rings is 1. The van der Waals surface area contributed by atoms with Crippen LogP contribution in [0.2, 0.25) is 0 Å². The molecule has 0 spiro atoms. The Hall–Kier alpha value is -4.13. The van der Waals surface area contributed by atoms with Crippen LogP contribution in [0.5, 0.6) is 0 Å². The van der Waals surface area contributed by atoms with Gasteiger partial charge in [0, 0.05) is 18.4 Å². The molecule has 1 aromatic carbocycles. The number of aromatic nitrogens is 4. The van der Waals surface area contributed by atoms with Crippen molar-refractivity contribution < 1.29 is 18.0 Å². The average molecular weight is 462 g/mol. The normalized spacial score (nSPS) is 16.0. The maximum absolute atomic E-state index is 13.8. The maximum atomic E-state index is 13.8. The van der Waals surface area contributed by atoms with Crippen molar-refractivity contribution >= 4 is 16.8 Å². The number of hydrogen-bond acceptors (Lipinski definition) is 6. The Bertz CT molecular complexity index is 1430. The second-order valence-electron chi connectivity index (χ2n) is 8.61. The first kappa shape index (κ1) is 21.7. The van der Waals surface area contributed by atoms with Gasteiger partial charge in [0.15, 0.2) is 5.69 Å². The van der Waals surface area contributed by atoms with Gasteiger partial charge >= 0.3 is 0 Å². The molecule has 0 aliphatic carbocycles. The molecule has 5 rings (SSSR count). The van der Waals surface area contributed by atoms with Crippen molar-refractivity contribution in [3.63, 3.8) is 0 Å². The lowest BCUT2D eigenvalue weighted by Crippen LogP contribution is -2.41. The molecular formula is C24H20F2N6O2. The molecule has 8 nitrogen and oxygen atoms in total. The Kier molecular flexibility index (Phi) is 5.12. The van der Waals surface area contributed by atoms with Crippen LogP contribution < -0.4 is 0 Å². The number of nitriles is 1. The van der Waals surface area contributed by atoms with Crippen molar-refractivity contribution in [1.82, 2.24) is 24.8 Å². The molecule has 10 heteroatoms. The molecule has 1 amide bonds. The number of para-hydroxylation sites is 1. The van der Waals surface area contributed by atoms with Gasteiger partial charge < -0.3 is 14.3 Å². The molecule has 4 aromatic rings. The molecule has 4 heterocycles. The second-order valence-corrected chi connectivity index (χ2v) is 8.61. The monoisotopic (exact) mass is 462 g/mol. The fourth-order valence-electron chi connectivity index (χ4n) is 4.12. The third-order valence-electron chi connectivity index (χ3n) is 5.96. The molecular weight excluding hydrogens is 442 g/mol. The van der Waals surface area contributed by atoms with Crippen LogP contribution in [0, 0.1) is 11.3 Å². The van der Waals surface area contributed by atoms with Crippen molar-refractivity contribution in [3.05, 3.63) is 77.2 Å². The van der Waals surface area contributed by atoms with Crippen molar-refractivity contribution in [3.8, 4) is 6.07 Å². The standard InChI is InChI=1S/C24H20F2N6O2/c1-24(2,11-27)23-31-18(21(25)26)20(34-23)22(33)32-10-9-15-17(29-12-28-15)19(32)16-8-7-13-5-3-4-6-14(13)30-16/h3-8,12,19,21H,9-10H2,1-2H3,(H,28,29)/t19-/m1/s1. The summed E-state index contributed by atoms with van der Waals surface area (Å²) in [4.78, 5) is 31.1. The topological polar surface area (TPSA) is 112 Å². The number of aromatic amines is 1. The van der Waals surface area contributed by atoms with Gasteiger partial charge in [0.2, 0.25) is 11.7 Å². The summed E-state index contributed by atoms with van der Waals surface area (Å²) in [6.45, 7) is 3.19. The van der Waals surface area contributed by atoms with Gasteiger partial charge in [-0.05, 0) is 26.0 Å². The van der Waals surface area contributed by atoms with E-state index in [1.165, 1.54) is 18.7 Å². The van der Waals surface area contributed by atoms with Gasteiger partial charge in [0.05, 0.1) is 35.0 Å². The molecule has 3 aromatic heterocycles. The summed E-state index contributed by atoms with van der Waals surface area (Å²) in [5.41, 5.74) is 0.696. The van der Waals surface area contributed by atoms with E-state index in [0.717, 1.165) is 16.6 Å². The Morgan fingerprint density at radius 3 is 2.82 bits per heavy atom. The number of imidazole rings is 1. The quantitative estimate of drug-likeness (QED) is 0.479. The summed E-state index contributed by atoms with van der Waals surface area (Å²) in [5, 5.41) is 10.3. The number of rotatable bonds is 4. The van der Waals surface area contributed by atoms with E-state index in [-0.39, 0.29) is 12.4 Å². The molecule has 0 radical (unpaired) electrons. The maximum Gasteiger partial charge on any atom is 0.292 e. The largest absolute Gasteiger partial charge is 0.433 e. The number of fused-ring (bicyclic) bond motifs is 2. The minimum atomic E-state index is -3.05. The fraction of sp³-hybridized carbons (Fsp3) is 0.292. The average Bonchev–Trinajstić information content (AvgIpc) is 3.50. The van der Waals surface area contributed by atoms with Gasteiger partial charge in [-0.25, -0.2) is 18.7 Å². The third-order valence-corrected chi connectivity index (χ3v) is 5.96. The number of amides is 1. The SMILES string of the molecule is CC(C)(C#N)c1nc(C(F)F)c(C(=O)N2CCc3nc[nH]c3[C@H]2c2ccc3ccccc3n2)o1. The number of nitrogens with zero attached hydrogens (tertiary/aromatic N) is 5. The van der Waals surface area contributed by atoms with E-state index in [1.807, 2.05) is 42.5 Å². The highest BCUT2D eigenvalue weighted by atomic mass is 19.3. The lowest BCUT2D eigenvalue weighted by molar-refractivity contribution is 0.0637. The Morgan fingerprint density at radius 2 is 2.06 bits per heavy atom. The Labute approximate surface area is 193 Å². The van der Waals surface area contributed by atoms with E-state index in [9.17, 15) is 18.8 Å². The number of H-pyrrole nitrogens is 1. The minimum absolute atomic E-state index is 0.218. The summed E-state index contributed by atoms with van der Waals surface area (Å²) in [7, 11) is 0. The number of pyridine rings is 1. The molecule has 1 N–H and O–H groups in total. The Balaban J connectivity index is 1.62. The summed E-state index contributed by atoms with van der Waals surface area (Å²) < 4.78 is 33.2. The zero-order valence-corrected chi connectivity index (χ0v) is 18.4. The van der Waals surface area contributed by atoms with Crippen LogP contribution in [-0.2, 0) is 11.8 Å². The van der Waals surface area contributed by atoms with Crippen LogP contribution in [0.25, 0.3) is 10.9 Å². The van der Waals surface area contributed by atoms with Crippen LogP contribution in [0.1, 0.15) is 65.5 Å². The number of nitrogens with one attached hydrogen (secondary N) is 1. The van der Waals surface area contributed by atoms with Crippen molar-refractivity contribution in [1.29, 1.82) is 5.26 Å². The molecule has 0 saturated carbocycles. The summed E-state index contributed by atoms with van der Waals surface area (Å²) >= 11 is 0. The van der Waals surface area contributed by atoms with Gasteiger partial charge in [-0.2, -0.15) is 5.26 Å². The molecule has 1 atom stereocenters. The molecule has 0 unspecified atom stereocenters. The highest BCUT2D eigenvalue weighted by molar-refractivity contribution is 5.93. The second kappa shape index (κ2) is 8.02. The molecule has 1 aliphatic rings.